The highest BCUT2D eigenvalue weighted by Crippen LogP contribution is 2.35. The Morgan fingerprint density at radius 2 is 2.03 bits per heavy atom. The maximum atomic E-state index is 12.3. The molecule has 1 unspecified atom stereocenters. The highest BCUT2D eigenvalue weighted by Gasteiger charge is 2.28. The number of alkyl carbamates (subject to hydrolysis) is 1. The number of methoxy groups -OCH3 is 1. The van der Waals surface area contributed by atoms with Crippen molar-refractivity contribution >= 4 is 34.6 Å². The van der Waals surface area contributed by atoms with Gasteiger partial charge < -0.3 is 30.5 Å². The number of nitrogen functional groups attached to an aromatic ring is 1. The van der Waals surface area contributed by atoms with E-state index in [1.54, 1.807) is 10.6 Å². The lowest BCUT2D eigenvalue weighted by molar-refractivity contribution is 0.0499. The fraction of sp³-hybridized carbons (Fsp3) is 0.435. The number of anilines is 2. The summed E-state index contributed by atoms with van der Waals surface area (Å²) in [6, 6.07) is 2.90. The van der Waals surface area contributed by atoms with Crippen LogP contribution in [0.2, 0.25) is 0 Å². The van der Waals surface area contributed by atoms with E-state index in [2.05, 4.69) is 25.2 Å². The summed E-state index contributed by atoms with van der Waals surface area (Å²) in [5.41, 5.74) is 6.94. The number of ether oxygens (including phenoxy) is 2. The molecule has 4 heterocycles. The summed E-state index contributed by atoms with van der Waals surface area (Å²) in [4.78, 5) is 38.8. The number of fused-ring (bicyclic) bond motifs is 1. The number of hydrogen-bond acceptors (Lipinski definition) is 9. The van der Waals surface area contributed by atoms with E-state index in [1.807, 2.05) is 27.0 Å². The molecule has 4 N–H and O–H groups in total. The number of nitrogens with two attached hydrogens (primary N) is 1. The van der Waals surface area contributed by atoms with Crippen LogP contribution in [0.5, 0.6) is 5.88 Å². The molecule has 4 rings (SSSR count). The highest BCUT2D eigenvalue weighted by molar-refractivity contribution is 5.99. The molecule has 0 aromatic carbocycles. The monoisotopic (exact) mass is 483 g/mol. The predicted octanol–water partition coefficient (Wildman–Crippen LogP) is 2.60. The molecule has 0 aliphatic carbocycles. The van der Waals surface area contributed by atoms with Gasteiger partial charge in [0.2, 0.25) is 5.88 Å². The molecular weight excluding hydrogens is 454 g/mol. The number of carbonyl (C=O) groups is 2. The lowest BCUT2D eigenvalue weighted by Crippen LogP contribution is -2.49. The number of rotatable bonds is 5. The third-order valence-electron chi connectivity index (χ3n) is 5.59. The number of amides is 1. The lowest BCUT2D eigenvalue weighted by atomic mass is 10.1. The van der Waals surface area contributed by atoms with Crippen LogP contribution in [-0.4, -0.2) is 68.5 Å². The molecule has 1 atom stereocenters. The minimum absolute atomic E-state index is 0.0139. The van der Waals surface area contributed by atoms with Crippen molar-refractivity contribution in [2.45, 2.75) is 45.3 Å². The third kappa shape index (κ3) is 5.05. The first kappa shape index (κ1) is 24.0. The minimum atomic E-state index is -1.14. The van der Waals surface area contributed by atoms with E-state index < -0.39 is 17.7 Å². The maximum absolute atomic E-state index is 12.3. The van der Waals surface area contributed by atoms with E-state index in [0.717, 1.165) is 25.1 Å². The van der Waals surface area contributed by atoms with Crippen molar-refractivity contribution in [1.82, 2.24) is 24.8 Å². The normalized spacial score (nSPS) is 16.2. The molecule has 0 radical (unpaired) electrons. The number of carboxylic acids is 1. The molecule has 12 heteroatoms. The molecule has 3 aromatic heterocycles. The molecule has 3 aromatic rings. The lowest BCUT2D eigenvalue weighted by Gasteiger charge is -2.34. The van der Waals surface area contributed by atoms with E-state index in [1.165, 1.54) is 19.5 Å². The van der Waals surface area contributed by atoms with Crippen molar-refractivity contribution in [2.24, 2.45) is 0 Å². The Kier molecular flexibility index (Phi) is 6.37. The van der Waals surface area contributed by atoms with Crippen molar-refractivity contribution in [2.75, 3.05) is 30.8 Å². The first-order chi connectivity index (χ1) is 16.6. The Morgan fingerprint density at radius 3 is 2.71 bits per heavy atom. The molecule has 35 heavy (non-hydrogen) atoms. The van der Waals surface area contributed by atoms with Crippen molar-refractivity contribution in [3.8, 4) is 11.7 Å². The van der Waals surface area contributed by atoms with Crippen molar-refractivity contribution in [3.63, 3.8) is 0 Å². The van der Waals surface area contributed by atoms with Gasteiger partial charge in [-0.1, -0.05) is 0 Å². The van der Waals surface area contributed by atoms with Gasteiger partial charge in [0, 0.05) is 25.3 Å². The Morgan fingerprint density at radius 1 is 1.26 bits per heavy atom. The second kappa shape index (κ2) is 9.28. The van der Waals surface area contributed by atoms with Gasteiger partial charge in [-0.25, -0.2) is 19.6 Å². The fourth-order valence-corrected chi connectivity index (χ4v) is 4.15. The number of piperidine rings is 1. The SMILES string of the molecule is COc1nc(-n2cc(N3CCCC(NC(=O)OC(C)(C)C)C3)c3c(N)ncnc32)ccc1C(=O)O. The largest absolute Gasteiger partial charge is 0.480 e. The van der Waals surface area contributed by atoms with Gasteiger partial charge in [0.15, 0.2) is 5.65 Å². The molecule has 0 saturated carbocycles. The zero-order valence-corrected chi connectivity index (χ0v) is 20.1. The smallest absolute Gasteiger partial charge is 0.407 e. The standard InChI is InChI=1S/C23H29N7O5/c1-23(2,3)35-22(33)27-13-6-5-9-29(10-13)15-11-30(19-17(15)18(24)25-12-26-19)16-8-7-14(21(31)32)20(28-16)34-4/h7-8,11-13H,5-6,9-10H2,1-4H3,(H,27,33)(H,31,32)(H2,24,25,26). The minimum Gasteiger partial charge on any atom is -0.480 e. The van der Waals surface area contributed by atoms with E-state index in [0.29, 0.717) is 29.2 Å². The van der Waals surface area contributed by atoms with Crippen molar-refractivity contribution in [1.29, 1.82) is 0 Å². The Balaban J connectivity index is 1.69. The zero-order valence-electron chi connectivity index (χ0n) is 20.1. The third-order valence-corrected chi connectivity index (χ3v) is 5.59. The molecule has 1 fully saturated rings. The van der Waals surface area contributed by atoms with Crippen LogP contribution in [0.3, 0.4) is 0 Å². The maximum Gasteiger partial charge on any atom is 0.407 e. The second-order valence-corrected chi connectivity index (χ2v) is 9.30. The van der Waals surface area contributed by atoms with Crippen LogP contribution in [0, 0.1) is 0 Å². The molecule has 186 valence electrons. The summed E-state index contributed by atoms with van der Waals surface area (Å²) in [5.74, 6) is -0.427. The van der Waals surface area contributed by atoms with Gasteiger partial charge in [0.05, 0.1) is 18.2 Å². The average molecular weight is 484 g/mol. The van der Waals surface area contributed by atoms with Crippen LogP contribution in [0.25, 0.3) is 16.9 Å². The first-order valence-electron chi connectivity index (χ1n) is 11.2. The predicted molar refractivity (Wildman–Crippen MR) is 129 cm³/mol. The van der Waals surface area contributed by atoms with Crippen molar-refractivity contribution < 1.29 is 24.2 Å². The second-order valence-electron chi connectivity index (χ2n) is 9.30. The molecule has 1 saturated heterocycles. The summed E-state index contributed by atoms with van der Waals surface area (Å²) in [6.07, 6.45) is 4.41. The highest BCUT2D eigenvalue weighted by atomic mass is 16.6. The number of aromatic nitrogens is 4. The Bertz CT molecular complexity index is 1270. The van der Waals surface area contributed by atoms with Crippen LogP contribution < -0.4 is 20.7 Å². The van der Waals surface area contributed by atoms with Crippen molar-refractivity contribution in [3.05, 3.63) is 30.2 Å². The summed E-state index contributed by atoms with van der Waals surface area (Å²) in [7, 11) is 1.36. The topological polar surface area (TPSA) is 158 Å². The van der Waals surface area contributed by atoms with E-state index in [4.69, 9.17) is 15.2 Å². The molecule has 0 spiro atoms. The molecule has 12 nitrogen and oxygen atoms in total. The summed E-state index contributed by atoms with van der Waals surface area (Å²) in [6.45, 7) is 6.76. The van der Waals surface area contributed by atoms with Gasteiger partial charge in [0.25, 0.3) is 0 Å². The molecule has 0 bridgehead atoms. The van der Waals surface area contributed by atoms with Crippen LogP contribution >= 0.6 is 0 Å². The molecule has 1 aliphatic rings. The molecular formula is C23H29N7O5. The number of nitrogens with zero attached hydrogens (tertiary/aromatic N) is 5. The number of nitrogens with one attached hydrogen (secondary N) is 1. The summed E-state index contributed by atoms with van der Waals surface area (Å²) < 4.78 is 12.3. The number of aromatic carboxylic acids is 1. The summed E-state index contributed by atoms with van der Waals surface area (Å²) >= 11 is 0. The van der Waals surface area contributed by atoms with E-state index in [9.17, 15) is 14.7 Å². The summed E-state index contributed by atoms with van der Waals surface area (Å²) in [5, 5.41) is 13.0. The number of carboxylic acid groups (broad SMARTS) is 1. The van der Waals surface area contributed by atoms with Gasteiger partial charge in [-0.2, -0.15) is 4.98 Å². The van der Waals surface area contributed by atoms with Gasteiger partial charge >= 0.3 is 12.1 Å². The fourth-order valence-electron chi connectivity index (χ4n) is 4.15. The number of hydrogen-bond donors (Lipinski definition) is 3. The molecule has 1 aliphatic heterocycles. The zero-order chi connectivity index (χ0) is 25.3. The van der Waals surface area contributed by atoms with E-state index in [-0.39, 0.29) is 17.5 Å². The first-order valence-corrected chi connectivity index (χ1v) is 11.2. The quantitative estimate of drug-likeness (QED) is 0.492. The Hall–Kier alpha value is -4.09. The number of carbonyl (C=O) groups excluding carboxylic acids is 1. The van der Waals surface area contributed by atoms with Crippen LogP contribution in [0.15, 0.2) is 24.7 Å². The van der Waals surface area contributed by atoms with E-state index >= 15 is 0 Å². The van der Waals surface area contributed by atoms with Gasteiger partial charge in [-0.15, -0.1) is 0 Å². The van der Waals surface area contributed by atoms with Crippen LogP contribution in [0.4, 0.5) is 16.3 Å². The van der Waals surface area contributed by atoms with Gasteiger partial charge in [-0.3, -0.25) is 4.57 Å². The Labute approximate surface area is 202 Å². The van der Waals surface area contributed by atoms with Gasteiger partial charge in [-0.05, 0) is 45.7 Å². The average Bonchev–Trinajstić information content (AvgIpc) is 3.18. The molecule has 1 amide bonds. The van der Waals surface area contributed by atoms with Gasteiger partial charge in [0.1, 0.15) is 29.1 Å². The number of pyridine rings is 1. The van der Waals surface area contributed by atoms with Crippen LogP contribution in [0.1, 0.15) is 44.0 Å². The van der Waals surface area contributed by atoms with Crippen LogP contribution in [-0.2, 0) is 4.74 Å².